The van der Waals surface area contributed by atoms with Crippen molar-refractivity contribution >= 4 is 12.0 Å². The van der Waals surface area contributed by atoms with Crippen molar-refractivity contribution in [3.63, 3.8) is 0 Å². The standard InChI is InChI=1S/C15H13NO/c17-11-14-7-3-4-8-15(14)16-9-12-5-1-2-6-13(12)10-16/h1-8,11H,9-10H2. The molecule has 2 aromatic carbocycles. The van der Waals surface area contributed by atoms with Gasteiger partial charge in [0.25, 0.3) is 0 Å². The summed E-state index contributed by atoms with van der Waals surface area (Å²) in [5.74, 6) is 0. The third-order valence-corrected chi connectivity index (χ3v) is 3.25. The first-order chi connectivity index (χ1) is 8.38. The summed E-state index contributed by atoms with van der Waals surface area (Å²) in [4.78, 5) is 13.3. The maximum atomic E-state index is 11.0. The highest BCUT2D eigenvalue weighted by Crippen LogP contribution is 2.29. The van der Waals surface area contributed by atoms with Gasteiger partial charge in [-0.15, -0.1) is 0 Å². The summed E-state index contributed by atoms with van der Waals surface area (Å²) in [5, 5.41) is 0. The molecule has 2 nitrogen and oxygen atoms in total. The average Bonchev–Trinajstić information content (AvgIpc) is 2.82. The second-order valence-electron chi connectivity index (χ2n) is 4.30. The lowest BCUT2D eigenvalue weighted by atomic mass is 10.1. The van der Waals surface area contributed by atoms with Crippen LogP contribution in [0, 0.1) is 0 Å². The van der Waals surface area contributed by atoms with Crippen molar-refractivity contribution in [2.75, 3.05) is 4.90 Å². The van der Waals surface area contributed by atoms with Crippen LogP contribution in [0.1, 0.15) is 21.5 Å². The molecule has 0 N–H and O–H groups in total. The van der Waals surface area contributed by atoms with Gasteiger partial charge in [0, 0.05) is 24.3 Å². The topological polar surface area (TPSA) is 20.3 Å². The Bertz CT molecular complexity index is 537. The third kappa shape index (κ3) is 1.72. The highest BCUT2D eigenvalue weighted by molar-refractivity contribution is 5.84. The van der Waals surface area contributed by atoms with E-state index in [1.165, 1.54) is 11.1 Å². The maximum absolute atomic E-state index is 11.0. The van der Waals surface area contributed by atoms with Crippen molar-refractivity contribution in [3.8, 4) is 0 Å². The van der Waals surface area contributed by atoms with Crippen molar-refractivity contribution in [1.29, 1.82) is 0 Å². The Morgan fingerprint density at radius 1 is 0.882 bits per heavy atom. The number of anilines is 1. The molecule has 0 aromatic heterocycles. The summed E-state index contributed by atoms with van der Waals surface area (Å²) in [6.07, 6.45) is 0.929. The number of nitrogens with zero attached hydrogens (tertiary/aromatic N) is 1. The van der Waals surface area contributed by atoms with E-state index in [2.05, 4.69) is 29.2 Å². The first kappa shape index (κ1) is 10.1. The van der Waals surface area contributed by atoms with Gasteiger partial charge < -0.3 is 4.90 Å². The smallest absolute Gasteiger partial charge is 0.152 e. The van der Waals surface area contributed by atoms with Crippen LogP contribution in [0.3, 0.4) is 0 Å². The maximum Gasteiger partial charge on any atom is 0.152 e. The Morgan fingerprint density at radius 3 is 2.12 bits per heavy atom. The minimum atomic E-state index is 0.764. The predicted molar refractivity (Wildman–Crippen MR) is 68.2 cm³/mol. The van der Waals surface area contributed by atoms with E-state index in [1.54, 1.807) is 0 Å². The second-order valence-corrected chi connectivity index (χ2v) is 4.30. The number of carbonyl (C=O) groups excluding carboxylic acids is 1. The molecule has 0 fully saturated rings. The van der Waals surface area contributed by atoms with Gasteiger partial charge in [-0.05, 0) is 23.3 Å². The summed E-state index contributed by atoms with van der Waals surface area (Å²) in [5.41, 5.74) is 4.50. The van der Waals surface area contributed by atoms with Crippen molar-refractivity contribution in [1.82, 2.24) is 0 Å². The van der Waals surface area contributed by atoms with E-state index in [0.717, 1.165) is 30.6 Å². The van der Waals surface area contributed by atoms with Gasteiger partial charge >= 0.3 is 0 Å². The van der Waals surface area contributed by atoms with Gasteiger partial charge in [-0.25, -0.2) is 0 Å². The second kappa shape index (κ2) is 4.06. The number of benzene rings is 2. The molecule has 0 atom stereocenters. The van der Waals surface area contributed by atoms with E-state index in [-0.39, 0.29) is 0 Å². The lowest BCUT2D eigenvalue weighted by Crippen LogP contribution is -2.16. The van der Waals surface area contributed by atoms with Gasteiger partial charge in [0.1, 0.15) is 0 Å². The molecule has 0 amide bonds. The zero-order valence-corrected chi connectivity index (χ0v) is 9.47. The van der Waals surface area contributed by atoms with Crippen molar-refractivity contribution < 1.29 is 4.79 Å². The van der Waals surface area contributed by atoms with Gasteiger partial charge in [-0.2, -0.15) is 0 Å². The van der Waals surface area contributed by atoms with Crippen LogP contribution in [0.15, 0.2) is 48.5 Å². The number of aldehydes is 1. The summed E-state index contributed by atoms with van der Waals surface area (Å²) < 4.78 is 0. The number of rotatable bonds is 2. The molecule has 2 heteroatoms. The Balaban J connectivity index is 1.96. The van der Waals surface area contributed by atoms with E-state index in [4.69, 9.17) is 0 Å². The Hall–Kier alpha value is -2.09. The van der Waals surface area contributed by atoms with E-state index in [9.17, 15) is 4.79 Å². The van der Waals surface area contributed by atoms with Crippen LogP contribution >= 0.6 is 0 Å². The summed E-state index contributed by atoms with van der Waals surface area (Å²) in [6.45, 7) is 1.78. The molecule has 1 aliphatic heterocycles. The summed E-state index contributed by atoms with van der Waals surface area (Å²) >= 11 is 0. The molecule has 0 radical (unpaired) electrons. The van der Waals surface area contributed by atoms with E-state index >= 15 is 0 Å². The van der Waals surface area contributed by atoms with Gasteiger partial charge in [0.2, 0.25) is 0 Å². The lowest BCUT2D eigenvalue weighted by Gasteiger charge is -2.19. The fourth-order valence-electron chi connectivity index (χ4n) is 2.38. The normalized spacial score (nSPS) is 13.5. The SMILES string of the molecule is O=Cc1ccccc1N1Cc2ccccc2C1. The number of fused-ring (bicyclic) bond motifs is 1. The number of hydrogen-bond acceptors (Lipinski definition) is 2. The van der Waals surface area contributed by atoms with E-state index in [0.29, 0.717) is 0 Å². The van der Waals surface area contributed by atoms with Crippen LogP contribution in [0.25, 0.3) is 0 Å². The van der Waals surface area contributed by atoms with Crippen molar-refractivity contribution in [2.45, 2.75) is 13.1 Å². The van der Waals surface area contributed by atoms with Crippen LogP contribution in [-0.4, -0.2) is 6.29 Å². The highest BCUT2D eigenvalue weighted by Gasteiger charge is 2.19. The quantitative estimate of drug-likeness (QED) is 0.729. The van der Waals surface area contributed by atoms with Crippen LogP contribution in [0.4, 0.5) is 5.69 Å². The molecule has 3 rings (SSSR count). The van der Waals surface area contributed by atoms with Crippen LogP contribution in [0.2, 0.25) is 0 Å². The molecule has 84 valence electrons. The van der Waals surface area contributed by atoms with Crippen LogP contribution in [-0.2, 0) is 13.1 Å². The predicted octanol–water partition coefficient (Wildman–Crippen LogP) is 3.02. The Kier molecular flexibility index (Phi) is 2.41. The first-order valence-corrected chi connectivity index (χ1v) is 5.74. The molecule has 1 heterocycles. The molecule has 0 saturated carbocycles. The average molecular weight is 223 g/mol. The zero-order chi connectivity index (χ0) is 11.7. The van der Waals surface area contributed by atoms with Crippen LogP contribution < -0.4 is 4.90 Å². The minimum absolute atomic E-state index is 0.764. The minimum Gasteiger partial charge on any atom is -0.362 e. The Labute approximate surface area is 100 Å². The zero-order valence-electron chi connectivity index (χ0n) is 9.47. The van der Waals surface area contributed by atoms with Crippen LogP contribution in [0.5, 0.6) is 0 Å². The molecule has 0 unspecified atom stereocenters. The van der Waals surface area contributed by atoms with Crippen molar-refractivity contribution in [3.05, 3.63) is 65.2 Å². The molecule has 0 aliphatic carbocycles. The fraction of sp³-hybridized carbons (Fsp3) is 0.133. The van der Waals surface area contributed by atoms with Crippen molar-refractivity contribution in [2.24, 2.45) is 0 Å². The molecule has 1 aliphatic rings. The molecule has 2 aromatic rings. The van der Waals surface area contributed by atoms with E-state index < -0.39 is 0 Å². The largest absolute Gasteiger partial charge is 0.362 e. The summed E-state index contributed by atoms with van der Waals surface area (Å²) in [7, 11) is 0. The van der Waals surface area contributed by atoms with Gasteiger partial charge in [-0.1, -0.05) is 36.4 Å². The van der Waals surface area contributed by atoms with Gasteiger partial charge in [0.15, 0.2) is 6.29 Å². The number of hydrogen-bond donors (Lipinski definition) is 0. The number of para-hydroxylation sites is 1. The molecule has 0 bridgehead atoms. The van der Waals surface area contributed by atoms with E-state index in [1.807, 2.05) is 24.3 Å². The molecule has 0 spiro atoms. The molecule has 0 saturated heterocycles. The molecular formula is C15H13NO. The van der Waals surface area contributed by atoms with Gasteiger partial charge in [0.05, 0.1) is 0 Å². The molecular weight excluding hydrogens is 210 g/mol. The number of carbonyl (C=O) groups is 1. The van der Waals surface area contributed by atoms with Gasteiger partial charge in [-0.3, -0.25) is 4.79 Å². The fourth-order valence-corrected chi connectivity index (χ4v) is 2.38. The lowest BCUT2D eigenvalue weighted by molar-refractivity contribution is 0.112. The highest BCUT2D eigenvalue weighted by atomic mass is 16.1. The molecule has 17 heavy (non-hydrogen) atoms. The Morgan fingerprint density at radius 2 is 1.47 bits per heavy atom. The monoisotopic (exact) mass is 223 g/mol. The third-order valence-electron chi connectivity index (χ3n) is 3.25. The first-order valence-electron chi connectivity index (χ1n) is 5.74. The summed E-state index contributed by atoms with van der Waals surface area (Å²) in [6, 6.07) is 16.2.